The van der Waals surface area contributed by atoms with Crippen LogP contribution in [0.1, 0.15) is 13.3 Å². The van der Waals surface area contributed by atoms with Crippen LogP contribution in [0.5, 0.6) is 5.75 Å². The lowest BCUT2D eigenvalue weighted by atomic mass is 10.2. The molecule has 0 aliphatic rings. The van der Waals surface area contributed by atoms with E-state index in [1.165, 1.54) is 0 Å². The van der Waals surface area contributed by atoms with Crippen LogP contribution in [0.4, 0.5) is 5.69 Å². The molecule has 0 fully saturated rings. The average Bonchev–Trinajstić information content (AvgIpc) is 2.48. The molecule has 0 unspecified atom stereocenters. The summed E-state index contributed by atoms with van der Waals surface area (Å²) in [4.78, 5) is 16.1. The fourth-order valence-electron chi connectivity index (χ4n) is 1.68. The maximum absolute atomic E-state index is 12.2. The van der Waals surface area contributed by atoms with Crippen LogP contribution < -0.4 is 10.1 Å². The molecule has 1 amide bonds. The van der Waals surface area contributed by atoms with Crippen molar-refractivity contribution >= 4 is 23.2 Å². The van der Waals surface area contributed by atoms with E-state index in [2.05, 4.69) is 10.3 Å². The van der Waals surface area contributed by atoms with E-state index in [0.717, 1.165) is 0 Å². The molecule has 5 heteroatoms. The summed E-state index contributed by atoms with van der Waals surface area (Å²) >= 11 is 5.91. The van der Waals surface area contributed by atoms with Crippen molar-refractivity contribution in [2.45, 2.75) is 19.4 Å². The molecule has 0 spiro atoms. The highest BCUT2D eigenvalue weighted by Crippen LogP contribution is 2.19. The zero-order valence-electron chi connectivity index (χ0n) is 11.0. The maximum atomic E-state index is 12.2. The van der Waals surface area contributed by atoms with Gasteiger partial charge in [-0.25, -0.2) is 4.98 Å². The van der Waals surface area contributed by atoms with Gasteiger partial charge in [0.15, 0.2) is 11.3 Å². The second-order valence-corrected chi connectivity index (χ2v) is 4.52. The Labute approximate surface area is 122 Å². The molecule has 0 saturated heterocycles. The Morgan fingerprint density at radius 2 is 2.05 bits per heavy atom. The molecule has 0 aliphatic heterocycles. The van der Waals surface area contributed by atoms with Crippen molar-refractivity contribution in [3.05, 3.63) is 53.8 Å². The molecule has 20 heavy (non-hydrogen) atoms. The summed E-state index contributed by atoms with van der Waals surface area (Å²) in [6.45, 7) is 1.89. The number of carbonyl (C=O) groups excluding carboxylic acids is 1. The molecule has 0 bridgehead atoms. The molecular weight excluding hydrogens is 276 g/mol. The highest BCUT2D eigenvalue weighted by Gasteiger charge is 2.19. The summed E-state index contributed by atoms with van der Waals surface area (Å²) in [6, 6.07) is 12.6. The molecule has 1 N–H and O–H groups in total. The summed E-state index contributed by atoms with van der Waals surface area (Å²) < 4.78 is 5.66. The van der Waals surface area contributed by atoms with Gasteiger partial charge in [-0.2, -0.15) is 0 Å². The number of rotatable bonds is 5. The number of anilines is 1. The Morgan fingerprint density at radius 3 is 2.70 bits per heavy atom. The molecule has 1 atom stereocenters. The van der Waals surface area contributed by atoms with E-state index in [9.17, 15) is 4.79 Å². The summed E-state index contributed by atoms with van der Waals surface area (Å²) in [6.07, 6.45) is 1.54. The zero-order valence-corrected chi connectivity index (χ0v) is 11.8. The third kappa shape index (κ3) is 3.71. The molecule has 0 aliphatic carbocycles. The van der Waals surface area contributed by atoms with Gasteiger partial charge in [-0.1, -0.05) is 36.7 Å². The predicted octanol–water partition coefficient (Wildman–Crippen LogP) is 3.53. The van der Waals surface area contributed by atoms with Crippen LogP contribution in [0.3, 0.4) is 0 Å². The summed E-state index contributed by atoms with van der Waals surface area (Å²) in [5.74, 6) is 0.415. The number of amides is 1. The van der Waals surface area contributed by atoms with E-state index in [1.54, 1.807) is 18.3 Å². The van der Waals surface area contributed by atoms with Crippen molar-refractivity contribution < 1.29 is 9.53 Å². The Morgan fingerprint density at radius 1 is 1.30 bits per heavy atom. The average molecular weight is 291 g/mol. The number of nitrogens with zero attached hydrogens (tertiary/aromatic N) is 1. The summed E-state index contributed by atoms with van der Waals surface area (Å²) in [5.41, 5.74) is 0.481. The van der Waals surface area contributed by atoms with Crippen molar-refractivity contribution in [1.82, 2.24) is 4.98 Å². The number of benzene rings is 1. The number of hydrogen-bond donors (Lipinski definition) is 1. The quantitative estimate of drug-likeness (QED) is 0.857. The molecule has 2 aromatic rings. The Kier molecular flexibility index (Phi) is 4.96. The van der Waals surface area contributed by atoms with Gasteiger partial charge in [0.1, 0.15) is 5.75 Å². The third-order valence-electron chi connectivity index (χ3n) is 2.70. The Bertz CT molecular complexity index is 575. The highest BCUT2D eigenvalue weighted by molar-refractivity contribution is 6.32. The molecule has 104 valence electrons. The summed E-state index contributed by atoms with van der Waals surface area (Å²) in [5, 5.41) is 2.98. The van der Waals surface area contributed by atoms with E-state index in [0.29, 0.717) is 17.9 Å². The smallest absolute Gasteiger partial charge is 0.265 e. The SMILES string of the molecule is CC[C@@H](Oc1ccccc1)C(=O)Nc1cccnc1Cl. The molecule has 1 aromatic carbocycles. The molecule has 1 aromatic heterocycles. The number of para-hydroxylation sites is 1. The first-order valence-electron chi connectivity index (χ1n) is 6.33. The van der Waals surface area contributed by atoms with Crippen LogP contribution in [-0.4, -0.2) is 17.0 Å². The van der Waals surface area contributed by atoms with Crippen LogP contribution in [0.2, 0.25) is 5.15 Å². The van der Waals surface area contributed by atoms with Crippen LogP contribution in [0.15, 0.2) is 48.7 Å². The minimum atomic E-state index is -0.575. The first-order chi connectivity index (χ1) is 9.70. The monoisotopic (exact) mass is 290 g/mol. The second-order valence-electron chi connectivity index (χ2n) is 4.16. The minimum Gasteiger partial charge on any atom is -0.481 e. The maximum Gasteiger partial charge on any atom is 0.265 e. The Balaban J connectivity index is 2.04. The van der Waals surface area contributed by atoms with E-state index >= 15 is 0 Å². The highest BCUT2D eigenvalue weighted by atomic mass is 35.5. The van der Waals surface area contributed by atoms with Crippen molar-refractivity contribution in [2.75, 3.05) is 5.32 Å². The van der Waals surface area contributed by atoms with Crippen LogP contribution in [0.25, 0.3) is 0 Å². The molecule has 1 heterocycles. The first-order valence-corrected chi connectivity index (χ1v) is 6.71. The fraction of sp³-hybridized carbons (Fsp3) is 0.200. The van der Waals surface area contributed by atoms with Gasteiger partial charge >= 0.3 is 0 Å². The van der Waals surface area contributed by atoms with Gasteiger partial charge in [0.25, 0.3) is 5.91 Å². The summed E-state index contributed by atoms with van der Waals surface area (Å²) in [7, 11) is 0. The molecule has 0 radical (unpaired) electrons. The normalized spacial score (nSPS) is 11.7. The van der Waals surface area contributed by atoms with Gasteiger partial charge in [0.05, 0.1) is 5.69 Å². The van der Waals surface area contributed by atoms with E-state index < -0.39 is 6.10 Å². The lowest BCUT2D eigenvalue weighted by Crippen LogP contribution is -2.32. The van der Waals surface area contributed by atoms with Gasteiger partial charge in [-0.05, 0) is 30.7 Å². The molecule has 2 rings (SSSR count). The number of ether oxygens (including phenoxy) is 1. The Hall–Kier alpha value is -2.07. The van der Waals surface area contributed by atoms with E-state index in [-0.39, 0.29) is 11.1 Å². The van der Waals surface area contributed by atoms with Gasteiger partial charge in [0, 0.05) is 6.20 Å². The topological polar surface area (TPSA) is 51.2 Å². The number of aromatic nitrogens is 1. The predicted molar refractivity (Wildman–Crippen MR) is 79.0 cm³/mol. The second kappa shape index (κ2) is 6.91. The van der Waals surface area contributed by atoms with Crippen molar-refractivity contribution in [1.29, 1.82) is 0 Å². The van der Waals surface area contributed by atoms with Crippen molar-refractivity contribution in [2.24, 2.45) is 0 Å². The minimum absolute atomic E-state index is 0.244. The van der Waals surface area contributed by atoms with E-state index in [1.807, 2.05) is 37.3 Å². The lowest BCUT2D eigenvalue weighted by molar-refractivity contribution is -0.122. The lowest BCUT2D eigenvalue weighted by Gasteiger charge is -2.17. The number of carbonyl (C=O) groups is 1. The fourth-order valence-corrected chi connectivity index (χ4v) is 1.84. The van der Waals surface area contributed by atoms with Crippen molar-refractivity contribution in [3.63, 3.8) is 0 Å². The van der Waals surface area contributed by atoms with E-state index in [4.69, 9.17) is 16.3 Å². The molecule has 0 saturated carbocycles. The van der Waals surface area contributed by atoms with Gasteiger partial charge in [0.2, 0.25) is 0 Å². The molecule has 4 nitrogen and oxygen atoms in total. The third-order valence-corrected chi connectivity index (χ3v) is 3.00. The van der Waals surface area contributed by atoms with Crippen LogP contribution in [-0.2, 0) is 4.79 Å². The zero-order chi connectivity index (χ0) is 14.4. The molecular formula is C15H15ClN2O2. The number of hydrogen-bond acceptors (Lipinski definition) is 3. The van der Waals surface area contributed by atoms with Crippen LogP contribution in [0, 0.1) is 0 Å². The van der Waals surface area contributed by atoms with Gasteiger partial charge < -0.3 is 10.1 Å². The van der Waals surface area contributed by atoms with Gasteiger partial charge in [-0.15, -0.1) is 0 Å². The number of halogens is 1. The van der Waals surface area contributed by atoms with Crippen molar-refractivity contribution in [3.8, 4) is 5.75 Å². The van der Waals surface area contributed by atoms with Gasteiger partial charge in [-0.3, -0.25) is 4.79 Å². The largest absolute Gasteiger partial charge is 0.481 e. The number of nitrogens with one attached hydrogen (secondary N) is 1. The standard InChI is InChI=1S/C15H15ClN2O2/c1-2-13(20-11-7-4-3-5-8-11)15(19)18-12-9-6-10-17-14(12)16/h3-10,13H,2H2,1H3,(H,18,19)/t13-/m1/s1. The number of pyridine rings is 1. The van der Waals surface area contributed by atoms with Crippen LogP contribution >= 0.6 is 11.6 Å². The first kappa shape index (κ1) is 14.3.